The molecular weight excluding hydrogens is 393 g/mol. The summed E-state index contributed by atoms with van der Waals surface area (Å²) in [5.41, 5.74) is 0.927. The van der Waals surface area contributed by atoms with E-state index in [1.165, 1.54) is 28.6 Å². The number of aromatic nitrogens is 2. The van der Waals surface area contributed by atoms with Gasteiger partial charge in [-0.2, -0.15) is 4.31 Å². The van der Waals surface area contributed by atoms with Crippen molar-refractivity contribution in [3.05, 3.63) is 66.3 Å². The molecule has 0 N–H and O–H groups in total. The summed E-state index contributed by atoms with van der Waals surface area (Å²) in [6.07, 6.45) is 2.44. The van der Waals surface area contributed by atoms with Crippen LogP contribution in [-0.4, -0.2) is 36.0 Å². The molecule has 1 aliphatic heterocycles. The third kappa shape index (κ3) is 3.26. The predicted octanol–water partition coefficient (Wildman–Crippen LogP) is 3.83. The number of rotatable bonds is 4. The third-order valence-electron chi connectivity index (χ3n) is 6.12. The number of hydrogen-bond acceptors (Lipinski definition) is 5. The van der Waals surface area contributed by atoms with E-state index in [1.54, 1.807) is 0 Å². The smallest absolute Gasteiger partial charge is 0.247 e. The summed E-state index contributed by atoms with van der Waals surface area (Å²) in [6.45, 7) is 0.881. The lowest BCUT2D eigenvalue weighted by Crippen LogP contribution is -2.39. The van der Waals surface area contributed by atoms with Crippen LogP contribution < -0.4 is 0 Å². The lowest BCUT2D eigenvalue weighted by atomic mass is 9.92. The first kappa shape index (κ1) is 18.4. The van der Waals surface area contributed by atoms with Crippen molar-refractivity contribution in [1.82, 2.24) is 14.5 Å². The normalized spacial score (nSPS) is 21.3. The Kier molecular flexibility index (Phi) is 4.29. The molecule has 1 spiro atoms. The second kappa shape index (κ2) is 6.74. The Morgan fingerprint density at radius 3 is 2.38 bits per heavy atom. The van der Waals surface area contributed by atoms with Crippen molar-refractivity contribution >= 4 is 10.0 Å². The quantitative estimate of drug-likeness (QED) is 0.650. The molecule has 3 aromatic rings. The number of halogens is 1. The van der Waals surface area contributed by atoms with E-state index >= 15 is 0 Å². The molecule has 29 heavy (non-hydrogen) atoms. The highest BCUT2D eigenvalue weighted by Crippen LogP contribution is 2.64. The molecule has 2 fully saturated rings. The van der Waals surface area contributed by atoms with Crippen LogP contribution in [0.5, 0.6) is 0 Å². The van der Waals surface area contributed by atoms with Crippen LogP contribution in [0.25, 0.3) is 11.5 Å². The third-order valence-corrected chi connectivity index (χ3v) is 8.03. The average Bonchev–Trinajstić information content (AvgIpc) is 3.21. The first-order valence-electron chi connectivity index (χ1n) is 9.63. The Morgan fingerprint density at radius 1 is 1.00 bits per heavy atom. The van der Waals surface area contributed by atoms with Crippen molar-refractivity contribution < 1.29 is 17.2 Å². The van der Waals surface area contributed by atoms with Gasteiger partial charge in [-0.3, -0.25) is 0 Å². The molecule has 2 heterocycles. The summed E-state index contributed by atoms with van der Waals surface area (Å²) in [6, 6.07) is 14.6. The first-order valence-corrected chi connectivity index (χ1v) is 11.1. The lowest BCUT2D eigenvalue weighted by molar-refractivity contribution is 0.246. The monoisotopic (exact) mass is 413 g/mol. The Labute approximate surface area is 168 Å². The Hall–Kier alpha value is -2.58. The standard InChI is InChI=1S/C21H20FN3O3S/c22-16-6-8-17(9-7-16)29(26,27)25-12-10-21(11-13-25)14-18(21)20-24-23-19(28-20)15-4-2-1-3-5-15/h1-9,18H,10-14H2/t18-/m1/s1. The fraction of sp³-hybridized carbons (Fsp3) is 0.333. The predicted molar refractivity (Wildman–Crippen MR) is 104 cm³/mol. The van der Waals surface area contributed by atoms with Gasteiger partial charge in [-0.15, -0.1) is 10.2 Å². The molecule has 0 bridgehead atoms. The summed E-state index contributed by atoms with van der Waals surface area (Å²) < 4.78 is 46.1. The SMILES string of the molecule is O=S(=O)(c1ccc(F)cc1)N1CCC2(CC1)C[C@@H]2c1nnc(-c2ccccc2)o1. The summed E-state index contributed by atoms with van der Waals surface area (Å²) in [5.74, 6) is 0.887. The maximum absolute atomic E-state index is 13.1. The number of hydrogen-bond donors (Lipinski definition) is 0. The molecule has 0 amide bonds. The minimum Gasteiger partial charge on any atom is -0.420 e. The van der Waals surface area contributed by atoms with Gasteiger partial charge in [0.2, 0.25) is 21.8 Å². The number of nitrogens with zero attached hydrogens (tertiary/aromatic N) is 3. The maximum atomic E-state index is 13.1. The van der Waals surface area contributed by atoms with Crippen LogP contribution in [0.15, 0.2) is 63.9 Å². The van der Waals surface area contributed by atoms with Gasteiger partial charge in [0.05, 0.1) is 4.90 Å². The van der Waals surface area contributed by atoms with Crippen LogP contribution in [-0.2, 0) is 10.0 Å². The average molecular weight is 413 g/mol. The largest absolute Gasteiger partial charge is 0.420 e. The van der Waals surface area contributed by atoms with E-state index in [0.29, 0.717) is 24.9 Å². The van der Waals surface area contributed by atoms with Crippen LogP contribution in [0.3, 0.4) is 0 Å². The van der Waals surface area contributed by atoms with Gasteiger partial charge in [0.25, 0.3) is 0 Å². The van der Waals surface area contributed by atoms with Gasteiger partial charge >= 0.3 is 0 Å². The molecule has 5 rings (SSSR count). The highest BCUT2D eigenvalue weighted by atomic mass is 32.2. The van der Waals surface area contributed by atoms with E-state index in [2.05, 4.69) is 10.2 Å². The van der Waals surface area contributed by atoms with Gasteiger partial charge in [-0.1, -0.05) is 18.2 Å². The molecule has 1 aromatic heterocycles. The number of sulfonamides is 1. The lowest BCUT2D eigenvalue weighted by Gasteiger charge is -2.31. The second-order valence-electron chi connectivity index (χ2n) is 7.79. The first-order chi connectivity index (χ1) is 14.0. The Bertz CT molecular complexity index is 1120. The zero-order valence-corrected chi connectivity index (χ0v) is 16.5. The zero-order valence-electron chi connectivity index (χ0n) is 15.7. The van der Waals surface area contributed by atoms with Crippen LogP contribution in [0.2, 0.25) is 0 Å². The van der Waals surface area contributed by atoms with Gasteiger partial charge in [0, 0.05) is 24.6 Å². The van der Waals surface area contributed by atoms with Gasteiger partial charge in [-0.05, 0) is 61.1 Å². The maximum Gasteiger partial charge on any atom is 0.247 e. The molecular formula is C21H20FN3O3S. The Morgan fingerprint density at radius 2 is 1.69 bits per heavy atom. The van der Waals surface area contributed by atoms with E-state index < -0.39 is 15.8 Å². The van der Waals surface area contributed by atoms with Crippen LogP contribution in [0, 0.1) is 11.2 Å². The van der Waals surface area contributed by atoms with Crippen molar-refractivity contribution in [3.8, 4) is 11.5 Å². The molecule has 1 aliphatic carbocycles. The summed E-state index contributed by atoms with van der Waals surface area (Å²) in [7, 11) is -3.60. The molecule has 2 aromatic carbocycles. The molecule has 1 saturated heterocycles. The fourth-order valence-corrected chi connectivity index (χ4v) is 5.69. The van der Waals surface area contributed by atoms with Crippen LogP contribution >= 0.6 is 0 Å². The summed E-state index contributed by atoms with van der Waals surface area (Å²) >= 11 is 0. The molecule has 6 nitrogen and oxygen atoms in total. The topological polar surface area (TPSA) is 76.3 Å². The van der Waals surface area contributed by atoms with E-state index in [-0.39, 0.29) is 16.2 Å². The van der Waals surface area contributed by atoms with Crippen molar-refractivity contribution in [2.45, 2.75) is 30.1 Å². The van der Waals surface area contributed by atoms with Gasteiger partial charge in [-0.25, -0.2) is 12.8 Å². The fourth-order valence-electron chi connectivity index (χ4n) is 4.25. The van der Waals surface area contributed by atoms with Crippen molar-refractivity contribution in [2.75, 3.05) is 13.1 Å². The van der Waals surface area contributed by atoms with Crippen LogP contribution in [0.4, 0.5) is 4.39 Å². The van der Waals surface area contributed by atoms with Crippen molar-refractivity contribution in [2.24, 2.45) is 5.41 Å². The van der Waals surface area contributed by atoms with Crippen molar-refractivity contribution in [1.29, 1.82) is 0 Å². The number of benzene rings is 2. The van der Waals surface area contributed by atoms with E-state index in [9.17, 15) is 12.8 Å². The summed E-state index contributed by atoms with van der Waals surface area (Å²) in [5, 5.41) is 8.42. The zero-order chi connectivity index (χ0) is 20.1. The van der Waals surface area contributed by atoms with Gasteiger partial charge in [0.1, 0.15) is 5.82 Å². The number of piperidine rings is 1. The minimum atomic E-state index is -3.60. The van der Waals surface area contributed by atoms with E-state index in [4.69, 9.17) is 4.42 Å². The molecule has 0 unspecified atom stereocenters. The van der Waals surface area contributed by atoms with E-state index in [1.807, 2.05) is 30.3 Å². The molecule has 2 aliphatic rings. The molecule has 150 valence electrons. The van der Waals surface area contributed by atoms with Gasteiger partial charge in [0.15, 0.2) is 0 Å². The molecule has 8 heteroatoms. The highest BCUT2D eigenvalue weighted by Gasteiger charge is 2.58. The second-order valence-corrected chi connectivity index (χ2v) is 9.73. The molecule has 0 radical (unpaired) electrons. The summed E-state index contributed by atoms with van der Waals surface area (Å²) in [4.78, 5) is 0.131. The van der Waals surface area contributed by atoms with Gasteiger partial charge < -0.3 is 4.42 Å². The Balaban J connectivity index is 1.27. The highest BCUT2D eigenvalue weighted by molar-refractivity contribution is 7.89. The molecule has 1 saturated carbocycles. The minimum absolute atomic E-state index is 0.0370. The van der Waals surface area contributed by atoms with Crippen LogP contribution in [0.1, 0.15) is 31.1 Å². The van der Waals surface area contributed by atoms with Crippen molar-refractivity contribution in [3.63, 3.8) is 0 Å². The molecule has 1 atom stereocenters. The van der Waals surface area contributed by atoms with E-state index in [0.717, 1.165) is 24.8 Å².